The van der Waals surface area contributed by atoms with E-state index < -0.39 is 5.91 Å². The fourth-order valence-electron chi connectivity index (χ4n) is 3.12. The highest BCUT2D eigenvalue weighted by molar-refractivity contribution is 6.30. The summed E-state index contributed by atoms with van der Waals surface area (Å²) in [5, 5.41) is 12.8. The number of benzene rings is 2. The second kappa shape index (κ2) is 9.26. The first-order chi connectivity index (χ1) is 14.0. The van der Waals surface area contributed by atoms with Gasteiger partial charge in [0.25, 0.3) is 5.91 Å². The van der Waals surface area contributed by atoms with E-state index in [2.05, 4.69) is 10.2 Å². The van der Waals surface area contributed by atoms with Gasteiger partial charge in [0.05, 0.1) is 0 Å². The van der Waals surface area contributed by atoms with Crippen LogP contribution < -0.4 is 10.2 Å². The maximum absolute atomic E-state index is 12.5. The van der Waals surface area contributed by atoms with Gasteiger partial charge in [0.1, 0.15) is 11.6 Å². The second-order valence-corrected chi connectivity index (χ2v) is 7.19. The second-order valence-electron chi connectivity index (χ2n) is 6.75. The van der Waals surface area contributed by atoms with Gasteiger partial charge in [-0.2, -0.15) is 5.26 Å². The third-order valence-corrected chi connectivity index (χ3v) is 4.93. The fourth-order valence-corrected chi connectivity index (χ4v) is 3.30. The number of carbonyl (C=O) groups is 2. The van der Waals surface area contributed by atoms with Crippen LogP contribution in [0.1, 0.15) is 17.3 Å². The Hall–Kier alpha value is -3.30. The van der Waals surface area contributed by atoms with Crippen LogP contribution in [-0.4, -0.2) is 42.8 Å². The first kappa shape index (κ1) is 20.4. The maximum Gasteiger partial charge on any atom is 0.267 e. The van der Waals surface area contributed by atoms with Gasteiger partial charge in [-0.3, -0.25) is 9.59 Å². The van der Waals surface area contributed by atoms with Gasteiger partial charge in [-0.1, -0.05) is 29.8 Å². The molecule has 29 heavy (non-hydrogen) atoms. The number of nitriles is 1. The topological polar surface area (TPSA) is 76.4 Å². The van der Waals surface area contributed by atoms with Crippen LogP contribution in [0.4, 0.5) is 11.4 Å². The van der Waals surface area contributed by atoms with E-state index in [9.17, 15) is 14.9 Å². The summed E-state index contributed by atoms with van der Waals surface area (Å²) in [6, 6.07) is 16.3. The molecule has 0 aromatic heterocycles. The Labute approximate surface area is 175 Å². The number of carbonyl (C=O) groups excluding carboxylic acids is 2. The van der Waals surface area contributed by atoms with Gasteiger partial charge in [-0.25, -0.2) is 0 Å². The molecule has 1 heterocycles. The number of nitrogens with one attached hydrogen (secondary N) is 1. The Morgan fingerprint density at radius 2 is 1.83 bits per heavy atom. The molecule has 1 fully saturated rings. The molecule has 1 aliphatic rings. The lowest BCUT2D eigenvalue weighted by molar-refractivity contribution is -0.112. The number of anilines is 2. The van der Waals surface area contributed by atoms with Gasteiger partial charge in [0.15, 0.2) is 5.78 Å². The fraction of sp³-hybridized carbons (Fsp3) is 0.227. The molecule has 0 saturated carbocycles. The molecule has 1 saturated heterocycles. The number of ketones is 1. The number of Topliss-reactive ketones (excluding diaryl/α,β-unsaturated/α-hetero) is 1. The molecule has 1 amide bonds. The van der Waals surface area contributed by atoms with E-state index in [1.54, 1.807) is 30.5 Å². The van der Waals surface area contributed by atoms with Crippen LogP contribution in [0.5, 0.6) is 0 Å². The number of hydrogen-bond donors (Lipinski definition) is 1. The van der Waals surface area contributed by atoms with Crippen LogP contribution in [0.25, 0.3) is 0 Å². The quantitative estimate of drug-likeness (QED) is 0.463. The highest BCUT2D eigenvalue weighted by atomic mass is 35.5. The van der Waals surface area contributed by atoms with Crippen molar-refractivity contribution in [1.82, 2.24) is 4.90 Å². The van der Waals surface area contributed by atoms with E-state index in [0.29, 0.717) is 29.4 Å². The molecule has 1 N–H and O–H groups in total. The summed E-state index contributed by atoms with van der Waals surface area (Å²) in [5.41, 5.74) is 2.07. The van der Waals surface area contributed by atoms with Crippen molar-refractivity contribution >= 4 is 34.7 Å². The van der Waals surface area contributed by atoms with Crippen LogP contribution in [0.2, 0.25) is 5.02 Å². The number of amides is 1. The average Bonchev–Trinajstić information content (AvgIpc) is 2.72. The summed E-state index contributed by atoms with van der Waals surface area (Å²) in [6.45, 7) is 4.36. The van der Waals surface area contributed by atoms with E-state index >= 15 is 0 Å². The molecule has 148 valence electrons. The normalized spacial score (nSPS) is 14.3. The Balaban J connectivity index is 1.63. The van der Waals surface area contributed by atoms with E-state index in [1.165, 1.54) is 6.92 Å². The average molecular weight is 409 g/mol. The van der Waals surface area contributed by atoms with E-state index in [1.807, 2.05) is 35.2 Å². The number of piperazine rings is 1. The Morgan fingerprint density at radius 1 is 1.10 bits per heavy atom. The zero-order valence-corrected chi connectivity index (χ0v) is 16.8. The lowest BCUT2D eigenvalue weighted by Crippen LogP contribution is -2.44. The largest absolute Gasteiger partial charge is 0.373 e. The third kappa shape index (κ3) is 5.37. The number of halogens is 1. The van der Waals surface area contributed by atoms with Crippen molar-refractivity contribution in [2.75, 3.05) is 36.4 Å². The predicted molar refractivity (Wildman–Crippen MR) is 114 cm³/mol. The van der Waals surface area contributed by atoms with Crippen LogP contribution in [0.15, 0.2) is 60.3 Å². The van der Waals surface area contributed by atoms with E-state index in [0.717, 1.165) is 18.8 Å². The molecular weight excluding hydrogens is 388 g/mol. The van der Waals surface area contributed by atoms with Gasteiger partial charge in [0, 0.05) is 54.3 Å². The standard InChI is InChI=1S/C22H21ClN4O2/c1-16(28)17-4-2-6-20(12-17)25-22(29)18(14-24)15-26-8-10-27(11-9-26)21-7-3-5-19(23)13-21/h2-7,12-13,15H,8-11H2,1H3,(H,25,29)/b18-15-. The first-order valence-corrected chi connectivity index (χ1v) is 9.63. The minimum atomic E-state index is -0.495. The third-order valence-electron chi connectivity index (χ3n) is 4.69. The summed E-state index contributed by atoms with van der Waals surface area (Å²) in [4.78, 5) is 28.2. The van der Waals surface area contributed by atoms with Crippen molar-refractivity contribution in [1.29, 1.82) is 5.26 Å². The Bertz CT molecular complexity index is 988. The molecule has 0 spiro atoms. The summed E-state index contributed by atoms with van der Waals surface area (Å²) >= 11 is 6.06. The Kier molecular flexibility index (Phi) is 6.53. The van der Waals surface area contributed by atoms with Gasteiger partial charge >= 0.3 is 0 Å². The van der Waals surface area contributed by atoms with Crippen LogP contribution in [0, 0.1) is 11.3 Å². The molecule has 6 nitrogen and oxygen atoms in total. The zero-order valence-electron chi connectivity index (χ0n) is 16.1. The van der Waals surface area contributed by atoms with Gasteiger partial charge < -0.3 is 15.1 Å². The molecule has 0 unspecified atom stereocenters. The van der Waals surface area contributed by atoms with Crippen molar-refractivity contribution in [3.63, 3.8) is 0 Å². The first-order valence-electron chi connectivity index (χ1n) is 9.25. The zero-order chi connectivity index (χ0) is 20.8. The number of rotatable bonds is 5. The molecule has 0 aliphatic carbocycles. The van der Waals surface area contributed by atoms with Gasteiger partial charge in [-0.05, 0) is 37.3 Å². The van der Waals surface area contributed by atoms with Gasteiger partial charge in [-0.15, -0.1) is 0 Å². The van der Waals surface area contributed by atoms with Crippen LogP contribution in [0.3, 0.4) is 0 Å². The lowest BCUT2D eigenvalue weighted by Gasteiger charge is -2.35. The maximum atomic E-state index is 12.5. The summed E-state index contributed by atoms with van der Waals surface area (Å²) < 4.78 is 0. The predicted octanol–water partition coefficient (Wildman–Crippen LogP) is 3.71. The van der Waals surface area contributed by atoms with E-state index in [-0.39, 0.29) is 11.4 Å². The monoisotopic (exact) mass is 408 g/mol. The molecule has 2 aromatic rings. The van der Waals surface area contributed by atoms with E-state index in [4.69, 9.17) is 11.6 Å². The minimum Gasteiger partial charge on any atom is -0.373 e. The summed E-state index contributed by atoms with van der Waals surface area (Å²) in [7, 11) is 0. The minimum absolute atomic E-state index is 0.0226. The molecule has 0 atom stereocenters. The van der Waals surface area contributed by atoms with Crippen molar-refractivity contribution in [2.24, 2.45) is 0 Å². The van der Waals surface area contributed by atoms with Crippen LogP contribution >= 0.6 is 11.6 Å². The molecule has 1 aliphatic heterocycles. The molecule has 0 radical (unpaired) electrons. The van der Waals surface area contributed by atoms with Gasteiger partial charge in [0.2, 0.25) is 0 Å². The number of hydrogen-bond acceptors (Lipinski definition) is 5. The SMILES string of the molecule is CC(=O)c1cccc(NC(=O)/C(C#N)=C\N2CCN(c3cccc(Cl)c3)CC2)c1. The summed E-state index contributed by atoms with van der Waals surface area (Å²) in [5.74, 6) is -0.583. The lowest BCUT2D eigenvalue weighted by atomic mass is 10.1. The van der Waals surface area contributed by atoms with Crippen LogP contribution in [-0.2, 0) is 4.79 Å². The molecule has 2 aromatic carbocycles. The Morgan fingerprint density at radius 3 is 2.48 bits per heavy atom. The highest BCUT2D eigenvalue weighted by Gasteiger charge is 2.18. The van der Waals surface area contributed by atoms with Crippen molar-refractivity contribution in [3.8, 4) is 6.07 Å². The molecule has 7 heteroatoms. The van der Waals surface area contributed by atoms with Crippen molar-refractivity contribution in [3.05, 3.63) is 70.9 Å². The smallest absolute Gasteiger partial charge is 0.267 e. The molecule has 0 bridgehead atoms. The molecule has 3 rings (SSSR count). The number of nitrogens with zero attached hydrogens (tertiary/aromatic N) is 3. The highest BCUT2D eigenvalue weighted by Crippen LogP contribution is 2.21. The summed E-state index contributed by atoms with van der Waals surface area (Å²) in [6.07, 6.45) is 1.60. The molecular formula is C22H21ClN4O2. The van der Waals surface area contributed by atoms with Crippen molar-refractivity contribution in [2.45, 2.75) is 6.92 Å². The van der Waals surface area contributed by atoms with Crippen molar-refractivity contribution < 1.29 is 9.59 Å².